The Hall–Kier alpha value is -1.48. The summed E-state index contributed by atoms with van der Waals surface area (Å²) < 4.78 is 69.1. The molecule has 118 valence electrons. The molecule has 2 rings (SSSR count). The number of phenolic OH excluding ortho intramolecular Hbond substituents is 1. The first-order chi connectivity index (χ1) is 9.70. The third kappa shape index (κ3) is 3.79. The second-order valence-corrected chi connectivity index (χ2v) is 6.65. The van der Waals surface area contributed by atoms with E-state index in [1.54, 1.807) is 0 Å². The highest BCUT2D eigenvalue weighted by Crippen LogP contribution is 2.35. The molecule has 0 radical (unpaired) electrons. The summed E-state index contributed by atoms with van der Waals surface area (Å²) in [6.45, 7) is 0.556. The van der Waals surface area contributed by atoms with E-state index in [2.05, 4.69) is 0 Å². The number of sulfonamides is 1. The van der Waals surface area contributed by atoms with E-state index in [9.17, 15) is 26.7 Å². The Morgan fingerprint density at radius 2 is 1.86 bits per heavy atom. The minimum atomic E-state index is -4.62. The largest absolute Gasteiger partial charge is 0.506 e. The Kier molecular flexibility index (Phi) is 4.33. The van der Waals surface area contributed by atoms with Crippen molar-refractivity contribution in [1.29, 1.82) is 0 Å². The molecule has 5 nitrogen and oxygen atoms in total. The van der Waals surface area contributed by atoms with E-state index in [0.717, 1.165) is 6.07 Å². The topological polar surface area (TPSA) is 75.6 Å². The lowest BCUT2D eigenvalue weighted by Crippen LogP contribution is -2.33. The number of rotatable bonds is 3. The van der Waals surface area contributed by atoms with Crippen molar-refractivity contribution in [2.75, 3.05) is 17.9 Å². The van der Waals surface area contributed by atoms with Gasteiger partial charge in [0.2, 0.25) is 10.0 Å². The molecular weight excluding hydrogens is 311 g/mol. The number of aromatic hydroxyl groups is 1. The average molecular weight is 325 g/mol. The van der Waals surface area contributed by atoms with Crippen molar-refractivity contribution in [3.05, 3.63) is 23.8 Å². The van der Waals surface area contributed by atoms with Crippen LogP contribution in [0.5, 0.6) is 5.75 Å². The van der Waals surface area contributed by atoms with Gasteiger partial charge in [-0.1, -0.05) is 0 Å². The van der Waals surface area contributed by atoms with Gasteiger partial charge in [-0.2, -0.15) is 13.2 Å². The van der Waals surface area contributed by atoms with Gasteiger partial charge < -0.3 is 9.84 Å². The van der Waals surface area contributed by atoms with Gasteiger partial charge in [-0.3, -0.25) is 4.72 Å². The van der Waals surface area contributed by atoms with Crippen molar-refractivity contribution >= 4 is 15.7 Å². The summed E-state index contributed by atoms with van der Waals surface area (Å²) in [6, 6.07) is 2.07. The number of ether oxygens (including phenoxy) is 1. The van der Waals surface area contributed by atoms with E-state index in [-0.39, 0.29) is 26.1 Å². The smallest absolute Gasteiger partial charge is 0.416 e. The maximum atomic E-state index is 12.6. The van der Waals surface area contributed by atoms with Crippen molar-refractivity contribution in [2.45, 2.75) is 24.3 Å². The van der Waals surface area contributed by atoms with Gasteiger partial charge in [-0.25, -0.2) is 8.42 Å². The molecule has 0 atom stereocenters. The van der Waals surface area contributed by atoms with Crippen LogP contribution in [-0.2, 0) is 20.9 Å². The van der Waals surface area contributed by atoms with E-state index in [1.165, 1.54) is 0 Å². The maximum Gasteiger partial charge on any atom is 0.416 e. The standard InChI is InChI=1S/C12H14F3NO4S/c13-12(14,15)8-1-2-11(17)10(7-8)16-21(18,19)9-3-5-20-6-4-9/h1-2,7,9,16-17H,3-6H2. The molecular formula is C12H14F3NO4S. The van der Waals surface area contributed by atoms with Crippen molar-refractivity contribution in [3.63, 3.8) is 0 Å². The number of benzene rings is 1. The van der Waals surface area contributed by atoms with Crippen molar-refractivity contribution < 1.29 is 31.4 Å². The summed E-state index contributed by atoms with van der Waals surface area (Å²) in [6.07, 6.45) is -4.10. The SMILES string of the molecule is O=S(=O)(Nc1cc(C(F)(F)F)ccc1O)C1CCOCC1. The number of phenols is 1. The number of anilines is 1. The molecule has 1 aromatic rings. The zero-order valence-corrected chi connectivity index (χ0v) is 11.7. The molecule has 0 unspecified atom stereocenters. The summed E-state index contributed by atoms with van der Waals surface area (Å²) in [5, 5.41) is 8.79. The Labute approximate surface area is 119 Å². The van der Waals surface area contributed by atoms with E-state index < -0.39 is 38.4 Å². The fourth-order valence-corrected chi connectivity index (χ4v) is 3.47. The molecule has 0 aliphatic carbocycles. The Morgan fingerprint density at radius 3 is 2.43 bits per heavy atom. The molecule has 1 heterocycles. The Bertz CT molecular complexity index is 609. The quantitative estimate of drug-likeness (QED) is 0.837. The molecule has 1 aliphatic rings. The average Bonchev–Trinajstić information content (AvgIpc) is 2.41. The van der Waals surface area contributed by atoms with Gasteiger partial charge in [-0.15, -0.1) is 0 Å². The first kappa shape index (κ1) is 15.9. The minimum Gasteiger partial charge on any atom is -0.506 e. The van der Waals surface area contributed by atoms with E-state index in [1.807, 2.05) is 4.72 Å². The molecule has 0 saturated carbocycles. The second kappa shape index (κ2) is 5.72. The van der Waals surface area contributed by atoms with Gasteiger partial charge in [0.05, 0.1) is 16.5 Å². The van der Waals surface area contributed by atoms with Crippen LogP contribution in [0.25, 0.3) is 0 Å². The summed E-state index contributed by atoms with van der Waals surface area (Å²) in [4.78, 5) is 0. The van der Waals surface area contributed by atoms with Crippen LogP contribution in [0, 0.1) is 0 Å². The summed E-state index contributed by atoms with van der Waals surface area (Å²) >= 11 is 0. The number of hydrogen-bond acceptors (Lipinski definition) is 4. The first-order valence-corrected chi connectivity index (χ1v) is 7.74. The molecule has 21 heavy (non-hydrogen) atoms. The molecule has 1 aromatic carbocycles. The third-order valence-electron chi connectivity index (χ3n) is 3.18. The van der Waals surface area contributed by atoms with Crippen LogP contribution in [0.15, 0.2) is 18.2 Å². The van der Waals surface area contributed by atoms with E-state index in [4.69, 9.17) is 4.74 Å². The van der Waals surface area contributed by atoms with Crippen molar-refractivity contribution in [2.24, 2.45) is 0 Å². The molecule has 2 N–H and O–H groups in total. The van der Waals surface area contributed by atoms with E-state index in [0.29, 0.717) is 12.1 Å². The fourth-order valence-electron chi connectivity index (χ4n) is 2.02. The third-order valence-corrected chi connectivity index (χ3v) is 5.04. The highest BCUT2D eigenvalue weighted by atomic mass is 32.2. The van der Waals surface area contributed by atoms with Crippen LogP contribution >= 0.6 is 0 Å². The van der Waals surface area contributed by atoms with Crippen molar-refractivity contribution in [3.8, 4) is 5.75 Å². The summed E-state index contributed by atoms with van der Waals surface area (Å²) in [5.74, 6) is -0.557. The van der Waals surface area contributed by atoms with Crippen LogP contribution < -0.4 is 4.72 Å². The number of alkyl halides is 3. The minimum absolute atomic E-state index is 0.259. The zero-order chi connectivity index (χ0) is 15.7. The van der Waals surface area contributed by atoms with Crippen LogP contribution in [0.2, 0.25) is 0 Å². The lowest BCUT2D eigenvalue weighted by molar-refractivity contribution is -0.137. The van der Waals surface area contributed by atoms with Gasteiger partial charge in [0.25, 0.3) is 0 Å². The van der Waals surface area contributed by atoms with Crippen LogP contribution in [0.1, 0.15) is 18.4 Å². The molecule has 0 bridgehead atoms. The van der Waals surface area contributed by atoms with Crippen molar-refractivity contribution in [1.82, 2.24) is 0 Å². The first-order valence-electron chi connectivity index (χ1n) is 6.20. The molecule has 1 fully saturated rings. The second-order valence-electron chi connectivity index (χ2n) is 4.69. The normalized spacial score (nSPS) is 17.7. The van der Waals surface area contributed by atoms with E-state index >= 15 is 0 Å². The van der Waals surface area contributed by atoms with Crippen LogP contribution in [0.4, 0.5) is 18.9 Å². The van der Waals surface area contributed by atoms with Gasteiger partial charge in [0.1, 0.15) is 5.75 Å². The van der Waals surface area contributed by atoms with Gasteiger partial charge in [0, 0.05) is 13.2 Å². The lowest BCUT2D eigenvalue weighted by Gasteiger charge is -2.23. The molecule has 0 aromatic heterocycles. The number of nitrogens with one attached hydrogen (secondary N) is 1. The molecule has 1 saturated heterocycles. The number of halogens is 3. The summed E-state index contributed by atoms with van der Waals surface area (Å²) in [7, 11) is -3.88. The predicted octanol–water partition coefficient (Wildman–Crippen LogP) is 2.33. The highest BCUT2D eigenvalue weighted by molar-refractivity contribution is 7.93. The molecule has 0 amide bonds. The summed E-state index contributed by atoms with van der Waals surface area (Å²) in [5.41, 5.74) is -1.51. The maximum absolute atomic E-state index is 12.6. The monoisotopic (exact) mass is 325 g/mol. The highest BCUT2D eigenvalue weighted by Gasteiger charge is 2.33. The molecule has 1 aliphatic heterocycles. The number of hydrogen-bond donors (Lipinski definition) is 2. The Balaban J connectivity index is 2.26. The van der Waals surface area contributed by atoms with Gasteiger partial charge in [0.15, 0.2) is 0 Å². The molecule has 9 heteroatoms. The molecule has 0 spiro atoms. The fraction of sp³-hybridized carbons (Fsp3) is 0.500. The van der Waals surface area contributed by atoms with Gasteiger partial charge in [-0.05, 0) is 31.0 Å². The van der Waals surface area contributed by atoms with Crippen LogP contribution in [0.3, 0.4) is 0 Å². The predicted molar refractivity (Wildman–Crippen MR) is 69.5 cm³/mol. The Morgan fingerprint density at radius 1 is 1.24 bits per heavy atom. The zero-order valence-electron chi connectivity index (χ0n) is 10.9. The van der Waals surface area contributed by atoms with Gasteiger partial charge >= 0.3 is 6.18 Å². The lowest BCUT2D eigenvalue weighted by atomic mass is 10.2. The van der Waals surface area contributed by atoms with Crippen LogP contribution in [-0.4, -0.2) is 32.0 Å².